The number of piperidine rings is 1. The summed E-state index contributed by atoms with van der Waals surface area (Å²) in [6, 6.07) is 11.9. The molecular formula is C24H28ClN3O4S2. The maximum absolute atomic E-state index is 13.0. The number of ether oxygens (including phenoxy) is 1. The van der Waals surface area contributed by atoms with Gasteiger partial charge in [0.15, 0.2) is 0 Å². The van der Waals surface area contributed by atoms with E-state index in [1.165, 1.54) is 27.8 Å². The number of para-hydroxylation sites is 1. The van der Waals surface area contributed by atoms with E-state index in [0.717, 1.165) is 23.1 Å². The van der Waals surface area contributed by atoms with E-state index in [1.807, 2.05) is 25.1 Å². The molecule has 0 unspecified atom stereocenters. The van der Waals surface area contributed by atoms with Crippen LogP contribution in [0.25, 0.3) is 10.2 Å². The molecule has 0 bridgehead atoms. The van der Waals surface area contributed by atoms with Crippen molar-refractivity contribution in [2.45, 2.75) is 43.6 Å². The summed E-state index contributed by atoms with van der Waals surface area (Å²) in [6.07, 6.45) is 3.10. The zero-order chi connectivity index (χ0) is 24.3. The fourth-order valence-corrected chi connectivity index (χ4v) is 6.29. The highest BCUT2D eigenvalue weighted by Gasteiger charge is 2.26. The zero-order valence-corrected chi connectivity index (χ0v) is 21.6. The number of nitrogens with zero attached hydrogens (tertiary/aromatic N) is 3. The van der Waals surface area contributed by atoms with Crippen molar-refractivity contribution in [2.75, 3.05) is 26.7 Å². The second-order valence-corrected chi connectivity index (χ2v) is 11.8. The monoisotopic (exact) mass is 521 g/mol. The average molecular weight is 522 g/mol. The van der Waals surface area contributed by atoms with Crippen LogP contribution in [0.5, 0.6) is 5.19 Å². The van der Waals surface area contributed by atoms with Crippen LogP contribution in [0.2, 0.25) is 5.02 Å². The number of halogens is 1. The van der Waals surface area contributed by atoms with Crippen molar-refractivity contribution < 1.29 is 17.9 Å². The van der Waals surface area contributed by atoms with E-state index in [9.17, 15) is 13.2 Å². The van der Waals surface area contributed by atoms with E-state index < -0.39 is 10.0 Å². The highest BCUT2D eigenvalue weighted by Crippen LogP contribution is 2.33. The minimum atomic E-state index is -3.55. The maximum atomic E-state index is 13.0. The first-order chi connectivity index (χ1) is 16.3. The third-order valence-electron chi connectivity index (χ3n) is 5.98. The predicted octanol–water partition coefficient (Wildman–Crippen LogP) is 5.05. The summed E-state index contributed by atoms with van der Waals surface area (Å²) >= 11 is 7.67. The van der Waals surface area contributed by atoms with Gasteiger partial charge >= 0.3 is 0 Å². The number of amides is 1. The number of fused-ring (bicyclic) bond motifs is 1. The van der Waals surface area contributed by atoms with Gasteiger partial charge in [-0.3, -0.25) is 4.79 Å². The first-order valence-corrected chi connectivity index (χ1v) is 14.0. The lowest BCUT2D eigenvalue weighted by Gasteiger charge is -2.31. The fraction of sp³-hybridized carbons (Fsp3) is 0.417. The van der Waals surface area contributed by atoms with Gasteiger partial charge in [-0.05, 0) is 42.8 Å². The van der Waals surface area contributed by atoms with Crippen LogP contribution in [0.15, 0.2) is 47.4 Å². The van der Waals surface area contributed by atoms with Gasteiger partial charge < -0.3 is 9.64 Å². The SMILES string of the molecule is CCCCN(C)S(=O)(=O)c1ccc(C(=O)N2CCC(Oc3nc4c(Cl)cccc4s3)CC2)cc1. The summed E-state index contributed by atoms with van der Waals surface area (Å²) in [5.74, 6) is -0.103. The largest absolute Gasteiger partial charge is 0.467 e. The minimum Gasteiger partial charge on any atom is -0.467 e. The molecule has 1 aliphatic heterocycles. The van der Waals surface area contributed by atoms with Crippen molar-refractivity contribution in [3.63, 3.8) is 0 Å². The van der Waals surface area contributed by atoms with E-state index >= 15 is 0 Å². The van der Waals surface area contributed by atoms with Crippen LogP contribution >= 0.6 is 22.9 Å². The third kappa shape index (κ3) is 5.38. The van der Waals surface area contributed by atoms with Gasteiger partial charge in [0.2, 0.25) is 10.0 Å². The Bertz CT molecular complexity index is 1250. The fourth-order valence-electron chi connectivity index (χ4n) is 3.90. The van der Waals surface area contributed by atoms with Gasteiger partial charge in [-0.2, -0.15) is 0 Å². The van der Waals surface area contributed by atoms with E-state index in [4.69, 9.17) is 16.3 Å². The lowest BCUT2D eigenvalue weighted by Crippen LogP contribution is -2.41. The number of carbonyl (C=O) groups excluding carboxylic acids is 1. The number of thiazole rings is 1. The highest BCUT2D eigenvalue weighted by molar-refractivity contribution is 7.89. The van der Waals surface area contributed by atoms with Gasteiger partial charge in [0, 0.05) is 45.1 Å². The second kappa shape index (κ2) is 10.6. The summed E-state index contributed by atoms with van der Waals surface area (Å²) in [6.45, 7) is 3.62. The number of hydrogen-bond donors (Lipinski definition) is 0. The van der Waals surface area contributed by atoms with E-state index in [1.54, 1.807) is 24.1 Å². The molecule has 3 aromatic rings. The summed E-state index contributed by atoms with van der Waals surface area (Å²) in [5.41, 5.74) is 1.23. The Kier molecular flexibility index (Phi) is 7.77. The Morgan fingerprint density at radius 2 is 1.91 bits per heavy atom. The van der Waals surface area contributed by atoms with Crippen molar-refractivity contribution in [1.29, 1.82) is 0 Å². The predicted molar refractivity (Wildman–Crippen MR) is 135 cm³/mol. The number of aromatic nitrogens is 1. The molecule has 0 N–H and O–H groups in total. The van der Waals surface area contributed by atoms with Crippen molar-refractivity contribution in [3.05, 3.63) is 53.1 Å². The molecular weight excluding hydrogens is 494 g/mol. The molecule has 7 nitrogen and oxygen atoms in total. The van der Waals surface area contributed by atoms with Crippen molar-refractivity contribution in [2.24, 2.45) is 0 Å². The third-order valence-corrected chi connectivity index (χ3v) is 9.07. The smallest absolute Gasteiger partial charge is 0.274 e. The number of benzene rings is 2. The van der Waals surface area contributed by atoms with Gasteiger partial charge in [0.05, 0.1) is 14.6 Å². The molecule has 1 aromatic heterocycles. The lowest BCUT2D eigenvalue weighted by molar-refractivity contribution is 0.0595. The molecule has 0 atom stereocenters. The van der Waals surface area contributed by atoms with E-state index in [2.05, 4.69) is 4.98 Å². The molecule has 10 heteroatoms. The number of carbonyl (C=O) groups is 1. The van der Waals surface area contributed by atoms with E-state index in [0.29, 0.717) is 48.3 Å². The van der Waals surface area contributed by atoms with Crippen LogP contribution in [-0.2, 0) is 10.0 Å². The van der Waals surface area contributed by atoms with E-state index in [-0.39, 0.29) is 16.9 Å². The van der Waals surface area contributed by atoms with Gasteiger partial charge in [-0.15, -0.1) is 0 Å². The molecule has 0 aliphatic carbocycles. The summed E-state index contributed by atoms with van der Waals surface area (Å²) in [7, 11) is -1.97. The van der Waals surface area contributed by atoms with Crippen LogP contribution in [0, 0.1) is 0 Å². The first kappa shape index (κ1) is 24.9. The molecule has 1 fully saturated rings. The van der Waals surface area contributed by atoms with Crippen LogP contribution in [-0.4, -0.2) is 61.3 Å². The lowest BCUT2D eigenvalue weighted by atomic mass is 10.1. The number of unbranched alkanes of at least 4 members (excludes halogenated alkanes) is 1. The topological polar surface area (TPSA) is 79.8 Å². The average Bonchev–Trinajstić information content (AvgIpc) is 3.26. The number of sulfonamides is 1. The van der Waals surface area contributed by atoms with Gasteiger partial charge in [0.25, 0.3) is 11.1 Å². The zero-order valence-electron chi connectivity index (χ0n) is 19.2. The molecule has 2 heterocycles. The molecule has 34 heavy (non-hydrogen) atoms. The van der Waals surface area contributed by atoms with Crippen LogP contribution in [0.4, 0.5) is 0 Å². The normalized spacial score (nSPS) is 15.2. The van der Waals surface area contributed by atoms with Gasteiger partial charge in [-0.25, -0.2) is 17.7 Å². The van der Waals surface area contributed by atoms with Crippen molar-refractivity contribution in [1.82, 2.24) is 14.2 Å². The second-order valence-electron chi connectivity index (χ2n) is 8.38. The number of hydrogen-bond acceptors (Lipinski definition) is 6. The van der Waals surface area contributed by atoms with Crippen LogP contribution in [0.1, 0.15) is 43.0 Å². The highest BCUT2D eigenvalue weighted by atomic mass is 35.5. The number of rotatable bonds is 8. The summed E-state index contributed by atoms with van der Waals surface area (Å²) in [5, 5.41) is 1.20. The van der Waals surface area contributed by atoms with Crippen LogP contribution in [0.3, 0.4) is 0 Å². The Morgan fingerprint density at radius 1 is 1.21 bits per heavy atom. The Hall–Kier alpha value is -2.20. The molecule has 2 aromatic carbocycles. The quantitative estimate of drug-likeness (QED) is 0.414. The number of likely N-dealkylation sites (tertiary alicyclic amines) is 1. The molecule has 1 amide bonds. The van der Waals surface area contributed by atoms with Crippen molar-refractivity contribution >= 4 is 49.1 Å². The Labute approximate surface area is 209 Å². The molecule has 0 radical (unpaired) electrons. The van der Waals surface area contributed by atoms with Gasteiger partial charge in [-0.1, -0.05) is 42.3 Å². The summed E-state index contributed by atoms with van der Waals surface area (Å²) < 4.78 is 33.8. The summed E-state index contributed by atoms with van der Waals surface area (Å²) in [4.78, 5) is 19.4. The Morgan fingerprint density at radius 3 is 2.56 bits per heavy atom. The van der Waals surface area contributed by atoms with Crippen molar-refractivity contribution in [3.8, 4) is 5.19 Å². The molecule has 0 spiro atoms. The molecule has 4 rings (SSSR count). The molecule has 1 aliphatic rings. The molecule has 0 saturated carbocycles. The first-order valence-electron chi connectivity index (χ1n) is 11.4. The maximum Gasteiger partial charge on any atom is 0.274 e. The van der Waals surface area contributed by atoms with Gasteiger partial charge in [0.1, 0.15) is 11.6 Å². The van der Waals surface area contributed by atoms with Crippen LogP contribution < -0.4 is 4.74 Å². The standard InChI is InChI=1S/C24H28ClN3O4S2/c1-3-4-14-27(2)34(30,31)19-10-8-17(9-11-19)23(29)28-15-12-18(13-16-28)32-24-26-22-20(25)6-5-7-21(22)33-24/h5-11,18H,3-4,12-16H2,1-2H3. The minimum absolute atomic E-state index is 0.0189. The molecule has 1 saturated heterocycles. The molecule has 182 valence electrons. The Balaban J connectivity index is 1.34.